The van der Waals surface area contributed by atoms with Crippen molar-refractivity contribution < 1.29 is 20.9 Å². The van der Waals surface area contributed by atoms with Crippen LogP contribution in [0, 0.1) is 13.3 Å². The first-order valence-electron chi connectivity index (χ1n) is 7.96. The molecular formula is C17H38N3Ta-3. The van der Waals surface area contributed by atoms with Crippen LogP contribution in [0.4, 0.5) is 0 Å². The monoisotopic (exact) mass is 465 g/mol. The SMILES string of the molecule is CC(C)(C)[N]=[Ta].CC[N-]CC.C[N-]CCC1CCCC1.[CH3-]. The van der Waals surface area contributed by atoms with E-state index in [1.807, 2.05) is 20.9 Å². The van der Waals surface area contributed by atoms with Gasteiger partial charge in [0, 0.05) is 0 Å². The molecule has 0 unspecified atom stereocenters. The summed E-state index contributed by atoms with van der Waals surface area (Å²) in [4.78, 5) is 0. The summed E-state index contributed by atoms with van der Waals surface area (Å²) in [7, 11) is 1.91. The van der Waals surface area contributed by atoms with Gasteiger partial charge in [0.2, 0.25) is 0 Å². The summed E-state index contributed by atoms with van der Waals surface area (Å²) in [6.45, 7) is 13.4. The largest absolute Gasteiger partial charge is 0.665 e. The molecule has 129 valence electrons. The fourth-order valence-electron chi connectivity index (χ4n) is 1.83. The molecular weight excluding hydrogens is 427 g/mol. The topological polar surface area (TPSA) is 40.6 Å². The summed E-state index contributed by atoms with van der Waals surface area (Å²) in [6, 6.07) is 0. The Kier molecular flexibility index (Phi) is 23.2. The quantitative estimate of drug-likeness (QED) is 0.452. The Hall–Kier alpha value is 0.460. The molecule has 0 spiro atoms. The molecule has 1 saturated carbocycles. The van der Waals surface area contributed by atoms with E-state index in [4.69, 9.17) is 0 Å². The minimum absolute atomic E-state index is 0. The molecule has 0 bridgehead atoms. The first-order chi connectivity index (χ1) is 9.41. The zero-order chi connectivity index (χ0) is 15.9. The fraction of sp³-hybridized carbons (Fsp3) is 0.941. The van der Waals surface area contributed by atoms with E-state index in [2.05, 4.69) is 34.7 Å². The molecule has 1 fully saturated rings. The molecule has 0 aromatic carbocycles. The Labute approximate surface area is 147 Å². The Morgan fingerprint density at radius 2 is 1.52 bits per heavy atom. The maximum Gasteiger partial charge on any atom is -0.0431 e. The van der Waals surface area contributed by atoms with Crippen LogP contribution in [-0.4, -0.2) is 32.2 Å². The minimum atomic E-state index is 0. The maximum absolute atomic E-state index is 4.13. The van der Waals surface area contributed by atoms with Gasteiger partial charge in [-0.15, -0.1) is 6.54 Å². The second kappa shape index (κ2) is 18.5. The second-order valence-electron chi connectivity index (χ2n) is 6.11. The van der Waals surface area contributed by atoms with E-state index < -0.39 is 0 Å². The van der Waals surface area contributed by atoms with E-state index in [-0.39, 0.29) is 13.0 Å². The van der Waals surface area contributed by atoms with Crippen LogP contribution in [0.5, 0.6) is 0 Å². The average molecular weight is 465 g/mol. The molecule has 0 amide bonds. The van der Waals surface area contributed by atoms with Crippen molar-refractivity contribution >= 4 is 0 Å². The van der Waals surface area contributed by atoms with Crippen molar-refractivity contribution in [1.82, 2.24) is 0 Å². The van der Waals surface area contributed by atoms with E-state index in [0.717, 1.165) is 46.4 Å². The van der Waals surface area contributed by atoms with Crippen LogP contribution in [0.15, 0.2) is 3.34 Å². The predicted molar refractivity (Wildman–Crippen MR) is 93.8 cm³/mol. The first kappa shape index (κ1) is 26.4. The maximum atomic E-state index is 4.13. The average Bonchev–Trinajstić information content (AvgIpc) is 2.91. The van der Waals surface area contributed by atoms with Gasteiger partial charge in [-0.3, -0.25) is 0 Å². The van der Waals surface area contributed by atoms with Gasteiger partial charge in [0.05, 0.1) is 0 Å². The summed E-state index contributed by atoms with van der Waals surface area (Å²) in [6.07, 6.45) is 7.21. The summed E-state index contributed by atoms with van der Waals surface area (Å²) < 4.78 is 4.13. The molecule has 0 aromatic rings. The van der Waals surface area contributed by atoms with Gasteiger partial charge in [0.25, 0.3) is 0 Å². The van der Waals surface area contributed by atoms with Crippen molar-refractivity contribution in [3.63, 3.8) is 0 Å². The Balaban J connectivity index is -0.000000240. The van der Waals surface area contributed by atoms with Crippen molar-refractivity contribution in [3.05, 3.63) is 18.1 Å². The van der Waals surface area contributed by atoms with Crippen LogP contribution < -0.4 is 0 Å². The third-order valence-electron chi connectivity index (χ3n) is 2.98. The van der Waals surface area contributed by atoms with E-state index >= 15 is 0 Å². The molecule has 1 aliphatic rings. The van der Waals surface area contributed by atoms with E-state index in [1.165, 1.54) is 32.1 Å². The molecule has 0 heterocycles. The Morgan fingerprint density at radius 1 is 1.10 bits per heavy atom. The number of hydrogen-bond donors (Lipinski definition) is 0. The van der Waals surface area contributed by atoms with Gasteiger partial charge in [-0.1, -0.05) is 46.0 Å². The Bertz CT molecular complexity index is 195. The zero-order valence-electron chi connectivity index (χ0n) is 15.5. The molecule has 1 aliphatic carbocycles. The van der Waals surface area contributed by atoms with E-state index in [1.54, 1.807) is 0 Å². The fourth-order valence-corrected chi connectivity index (χ4v) is 1.83. The normalized spacial score (nSPS) is 14.1. The smallest absolute Gasteiger partial charge is 0.0431 e. The summed E-state index contributed by atoms with van der Waals surface area (Å²) in [5.41, 5.74) is 0.216. The third-order valence-corrected chi connectivity index (χ3v) is 5.14. The summed E-state index contributed by atoms with van der Waals surface area (Å²) >= 11 is 1.15. The van der Waals surface area contributed by atoms with Crippen LogP contribution in [0.25, 0.3) is 10.6 Å². The third kappa shape index (κ3) is 25.7. The molecule has 0 saturated heterocycles. The van der Waals surface area contributed by atoms with Crippen LogP contribution in [-0.2, 0) is 20.9 Å². The van der Waals surface area contributed by atoms with Crippen molar-refractivity contribution in [2.45, 2.75) is 72.3 Å². The van der Waals surface area contributed by atoms with Gasteiger partial charge in [-0.25, -0.2) is 0 Å². The molecule has 4 heteroatoms. The standard InChI is InChI=1S/C8H16N.C4H9N.C4H10N.CH3.Ta/c1-9-7-6-8-4-2-3-5-8;1-4(2,3)5;1-3-5-4-2;;/h8H,2-7H2,1H3;1-3H3;3-4H2,1-2H3;1H3;/q-1;;2*-1;. The summed E-state index contributed by atoms with van der Waals surface area (Å²) in [5.74, 6) is 1.02. The van der Waals surface area contributed by atoms with Crippen LogP contribution in [0.1, 0.15) is 66.7 Å². The van der Waals surface area contributed by atoms with E-state index in [0.29, 0.717) is 0 Å². The van der Waals surface area contributed by atoms with Crippen molar-refractivity contribution in [3.8, 4) is 0 Å². The molecule has 0 aromatic heterocycles. The van der Waals surface area contributed by atoms with Crippen molar-refractivity contribution in [2.75, 3.05) is 26.7 Å². The molecule has 1 rings (SSSR count). The van der Waals surface area contributed by atoms with E-state index in [9.17, 15) is 0 Å². The first-order valence-corrected chi connectivity index (χ1v) is 9.40. The molecule has 0 aliphatic heterocycles. The zero-order valence-corrected chi connectivity index (χ0v) is 18.7. The van der Waals surface area contributed by atoms with Gasteiger partial charge in [-0.2, -0.15) is 20.1 Å². The molecule has 0 radical (unpaired) electrons. The van der Waals surface area contributed by atoms with Gasteiger partial charge < -0.3 is 18.1 Å². The van der Waals surface area contributed by atoms with Crippen LogP contribution in [0.3, 0.4) is 0 Å². The Morgan fingerprint density at radius 3 is 1.76 bits per heavy atom. The minimum Gasteiger partial charge on any atom is -0.665 e. The molecule has 3 nitrogen and oxygen atoms in total. The number of rotatable bonds is 5. The second-order valence-corrected chi connectivity index (χ2v) is 6.82. The van der Waals surface area contributed by atoms with Crippen LogP contribution in [0.2, 0.25) is 0 Å². The molecule has 0 N–H and O–H groups in total. The number of hydrogen-bond acceptors (Lipinski definition) is 1. The predicted octanol–water partition coefficient (Wildman–Crippen LogP) is 5.94. The van der Waals surface area contributed by atoms with Crippen LogP contribution >= 0.6 is 0 Å². The van der Waals surface area contributed by atoms with Crippen molar-refractivity contribution in [2.24, 2.45) is 9.26 Å². The van der Waals surface area contributed by atoms with Gasteiger partial charge >= 0.3 is 50.5 Å². The number of nitrogens with zero attached hydrogens (tertiary/aromatic N) is 3. The molecule has 0 atom stereocenters. The van der Waals surface area contributed by atoms with Gasteiger partial charge in [0.1, 0.15) is 0 Å². The van der Waals surface area contributed by atoms with Gasteiger partial charge in [-0.05, 0) is 5.92 Å². The van der Waals surface area contributed by atoms with Crippen molar-refractivity contribution in [1.29, 1.82) is 0 Å². The van der Waals surface area contributed by atoms with Gasteiger partial charge in [0.15, 0.2) is 0 Å². The summed E-state index contributed by atoms with van der Waals surface area (Å²) in [5, 5.41) is 8.07. The molecule has 21 heavy (non-hydrogen) atoms.